The zero-order valence-electron chi connectivity index (χ0n) is 12.8. The molecule has 0 radical (unpaired) electrons. The van der Waals surface area contributed by atoms with E-state index in [1.54, 1.807) is 18.9 Å². The first kappa shape index (κ1) is 16.4. The van der Waals surface area contributed by atoms with Gasteiger partial charge in [0.05, 0.1) is 23.5 Å². The van der Waals surface area contributed by atoms with Gasteiger partial charge in [-0.05, 0) is 30.5 Å². The van der Waals surface area contributed by atoms with E-state index in [2.05, 4.69) is 10.6 Å². The molecule has 0 saturated carbocycles. The molecule has 0 aliphatic carbocycles. The third kappa shape index (κ3) is 4.26. The van der Waals surface area contributed by atoms with Crippen LogP contribution in [-0.4, -0.2) is 32.4 Å². The third-order valence-corrected chi connectivity index (χ3v) is 3.94. The molecule has 5 heteroatoms. The maximum Gasteiger partial charge on any atom is 0.256 e. The van der Waals surface area contributed by atoms with Crippen LogP contribution < -0.4 is 10.6 Å². The summed E-state index contributed by atoms with van der Waals surface area (Å²) in [5, 5.41) is 6.23. The van der Waals surface area contributed by atoms with Crippen LogP contribution in [0.4, 0.5) is 11.4 Å². The predicted molar refractivity (Wildman–Crippen MR) is 93.0 cm³/mol. The Kier molecular flexibility index (Phi) is 6.30. The highest BCUT2D eigenvalue weighted by atomic mass is 32.2. The molecule has 0 fully saturated rings. The van der Waals surface area contributed by atoms with Crippen LogP contribution in [0.1, 0.15) is 10.4 Å². The van der Waals surface area contributed by atoms with Gasteiger partial charge in [-0.2, -0.15) is 0 Å². The lowest BCUT2D eigenvalue weighted by Crippen LogP contribution is -2.15. The minimum Gasteiger partial charge on any atom is -0.383 e. The molecule has 1 amide bonds. The quantitative estimate of drug-likeness (QED) is 0.604. The van der Waals surface area contributed by atoms with Crippen LogP contribution in [-0.2, 0) is 4.74 Å². The van der Waals surface area contributed by atoms with Gasteiger partial charge in [0.1, 0.15) is 0 Å². The molecule has 0 heterocycles. The number of ether oxygens (including phenoxy) is 1. The summed E-state index contributed by atoms with van der Waals surface area (Å²) in [6.07, 6.45) is 1.96. The van der Waals surface area contributed by atoms with E-state index < -0.39 is 0 Å². The van der Waals surface area contributed by atoms with Crippen LogP contribution in [0.15, 0.2) is 53.4 Å². The van der Waals surface area contributed by atoms with Gasteiger partial charge >= 0.3 is 0 Å². The SMILES string of the molecule is COCCNc1ccccc1NC(=O)c1ccccc1SC. The van der Waals surface area contributed by atoms with Crippen molar-refractivity contribution in [2.75, 3.05) is 37.2 Å². The minimum absolute atomic E-state index is 0.106. The topological polar surface area (TPSA) is 50.4 Å². The van der Waals surface area contributed by atoms with Crippen molar-refractivity contribution in [3.63, 3.8) is 0 Å². The second-order valence-electron chi connectivity index (χ2n) is 4.62. The predicted octanol–water partition coefficient (Wildman–Crippen LogP) is 3.72. The number of anilines is 2. The zero-order valence-corrected chi connectivity index (χ0v) is 13.6. The smallest absolute Gasteiger partial charge is 0.256 e. The monoisotopic (exact) mass is 316 g/mol. The summed E-state index contributed by atoms with van der Waals surface area (Å²) >= 11 is 1.56. The molecular formula is C17H20N2O2S. The summed E-state index contributed by atoms with van der Waals surface area (Å²) in [6.45, 7) is 1.29. The number of amides is 1. The number of hydrogen-bond donors (Lipinski definition) is 2. The van der Waals surface area contributed by atoms with Gasteiger partial charge < -0.3 is 15.4 Å². The highest BCUT2D eigenvalue weighted by Gasteiger charge is 2.12. The standard InChI is InChI=1S/C17H20N2O2S/c1-21-12-11-18-14-8-4-5-9-15(14)19-17(20)13-7-3-6-10-16(13)22-2/h3-10,18H,11-12H2,1-2H3,(H,19,20). The zero-order chi connectivity index (χ0) is 15.8. The van der Waals surface area contributed by atoms with Gasteiger partial charge in [0.25, 0.3) is 5.91 Å². The maximum absolute atomic E-state index is 12.5. The summed E-state index contributed by atoms with van der Waals surface area (Å²) in [5.74, 6) is -0.106. The molecular weight excluding hydrogens is 296 g/mol. The number of hydrogen-bond acceptors (Lipinski definition) is 4. The van der Waals surface area contributed by atoms with Gasteiger partial charge in [-0.1, -0.05) is 24.3 Å². The van der Waals surface area contributed by atoms with E-state index in [4.69, 9.17) is 4.74 Å². The fourth-order valence-corrected chi connectivity index (χ4v) is 2.65. The van der Waals surface area contributed by atoms with E-state index >= 15 is 0 Å². The minimum atomic E-state index is -0.106. The summed E-state index contributed by atoms with van der Waals surface area (Å²) < 4.78 is 5.03. The van der Waals surface area contributed by atoms with Gasteiger partial charge in [0.2, 0.25) is 0 Å². The second kappa shape index (κ2) is 8.46. The van der Waals surface area contributed by atoms with Crippen molar-refractivity contribution in [2.24, 2.45) is 0 Å². The summed E-state index contributed by atoms with van der Waals surface area (Å²) in [4.78, 5) is 13.5. The molecule has 0 atom stereocenters. The molecule has 0 aliphatic rings. The number of methoxy groups -OCH3 is 1. The Morgan fingerprint density at radius 1 is 1.09 bits per heavy atom. The number of carbonyl (C=O) groups excluding carboxylic acids is 1. The summed E-state index contributed by atoms with van der Waals surface area (Å²) in [5.41, 5.74) is 2.33. The molecule has 0 aliphatic heterocycles. The summed E-state index contributed by atoms with van der Waals surface area (Å²) in [6, 6.07) is 15.2. The van der Waals surface area contributed by atoms with Crippen molar-refractivity contribution >= 4 is 29.0 Å². The number of benzene rings is 2. The van der Waals surface area contributed by atoms with Crippen molar-refractivity contribution in [1.29, 1.82) is 0 Å². The Morgan fingerprint density at radius 3 is 2.50 bits per heavy atom. The maximum atomic E-state index is 12.5. The molecule has 0 bridgehead atoms. The van der Waals surface area contributed by atoms with Gasteiger partial charge in [-0.15, -0.1) is 11.8 Å². The molecule has 2 N–H and O–H groups in total. The van der Waals surface area contributed by atoms with Crippen LogP contribution in [0.5, 0.6) is 0 Å². The number of rotatable bonds is 7. The number of nitrogens with one attached hydrogen (secondary N) is 2. The molecule has 0 aromatic heterocycles. The molecule has 2 aromatic rings. The molecule has 22 heavy (non-hydrogen) atoms. The first-order chi connectivity index (χ1) is 10.8. The van der Waals surface area contributed by atoms with Gasteiger partial charge in [0, 0.05) is 18.6 Å². The van der Waals surface area contributed by atoms with Crippen molar-refractivity contribution < 1.29 is 9.53 Å². The van der Waals surface area contributed by atoms with Crippen LogP contribution >= 0.6 is 11.8 Å². The van der Waals surface area contributed by atoms with Crippen LogP contribution in [0.2, 0.25) is 0 Å². The van der Waals surface area contributed by atoms with Crippen molar-refractivity contribution in [1.82, 2.24) is 0 Å². The van der Waals surface area contributed by atoms with E-state index in [0.717, 1.165) is 16.3 Å². The molecule has 0 saturated heterocycles. The van der Waals surface area contributed by atoms with E-state index in [9.17, 15) is 4.79 Å². The fraction of sp³-hybridized carbons (Fsp3) is 0.235. The molecule has 116 valence electrons. The van der Waals surface area contributed by atoms with Gasteiger partial charge in [-0.3, -0.25) is 4.79 Å². The van der Waals surface area contributed by atoms with Crippen molar-refractivity contribution in [2.45, 2.75) is 4.90 Å². The van der Waals surface area contributed by atoms with Crippen LogP contribution in [0.3, 0.4) is 0 Å². The van der Waals surface area contributed by atoms with E-state index in [1.165, 1.54) is 0 Å². The van der Waals surface area contributed by atoms with E-state index in [1.807, 2.05) is 54.8 Å². The summed E-state index contributed by atoms with van der Waals surface area (Å²) in [7, 11) is 1.66. The Hall–Kier alpha value is -1.98. The first-order valence-corrected chi connectivity index (χ1v) is 8.25. The third-order valence-electron chi connectivity index (χ3n) is 3.15. The Labute approximate surface area is 135 Å². The highest BCUT2D eigenvalue weighted by Crippen LogP contribution is 2.24. The average Bonchev–Trinajstić information content (AvgIpc) is 2.56. The van der Waals surface area contributed by atoms with E-state index in [-0.39, 0.29) is 5.91 Å². The van der Waals surface area contributed by atoms with Gasteiger partial charge in [0.15, 0.2) is 0 Å². The lowest BCUT2D eigenvalue weighted by Gasteiger charge is -2.13. The molecule has 0 spiro atoms. The Morgan fingerprint density at radius 2 is 1.77 bits per heavy atom. The largest absolute Gasteiger partial charge is 0.383 e. The lowest BCUT2D eigenvalue weighted by molar-refractivity contribution is 0.102. The first-order valence-electron chi connectivity index (χ1n) is 7.02. The second-order valence-corrected chi connectivity index (χ2v) is 5.47. The lowest BCUT2D eigenvalue weighted by atomic mass is 10.2. The molecule has 2 aromatic carbocycles. The Bertz CT molecular complexity index is 632. The molecule has 0 unspecified atom stereocenters. The van der Waals surface area contributed by atoms with Crippen LogP contribution in [0.25, 0.3) is 0 Å². The molecule has 4 nitrogen and oxygen atoms in total. The van der Waals surface area contributed by atoms with Crippen LogP contribution in [0, 0.1) is 0 Å². The van der Waals surface area contributed by atoms with E-state index in [0.29, 0.717) is 18.7 Å². The normalized spacial score (nSPS) is 10.3. The Balaban J connectivity index is 2.14. The highest BCUT2D eigenvalue weighted by molar-refractivity contribution is 7.98. The number of thioether (sulfide) groups is 1. The fourth-order valence-electron chi connectivity index (χ4n) is 2.06. The van der Waals surface area contributed by atoms with Crippen molar-refractivity contribution in [3.05, 3.63) is 54.1 Å². The molecule has 2 rings (SSSR count). The van der Waals surface area contributed by atoms with Gasteiger partial charge in [-0.25, -0.2) is 0 Å². The average molecular weight is 316 g/mol. The number of carbonyl (C=O) groups is 1. The van der Waals surface area contributed by atoms with Crippen molar-refractivity contribution in [3.8, 4) is 0 Å². The number of para-hydroxylation sites is 2.